The van der Waals surface area contributed by atoms with Gasteiger partial charge >= 0.3 is 0 Å². The molecule has 1 fully saturated rings. The van der Waals surface area contributed by atoms with E-state index in [1.54, 1.807) is 6.20 Å². The van der Waals surface area contributed by atoms with Crippen LogP contribution in [0.4, 0.5) is 0 Å². The van der Waals surface area contributed by atoms with Crippen LogP contribution in [-0.2, 0) is 11.3 Å². The number of hydrogen-bond acceptors (Lipinski definition) is 5. The Hall–Kier alpha value is -1.01. The summed E-state index contributed by atoms with van der Waals surface area (Å²) in [6, 6.07) is -0.0738. The van der Waals surface area contributed by atoms with Gasteiger partial charge in [-0.05, 0) is 6.92 Å². The molecule has 0 radical (unpaired) electrons. The Kier molecular flexibility index (Phi) is 2.74. The third kappa shape index (κ3) is 1.91. The van der Waals surface area contributed by atoms with Gasteiger partial charge in [0.15, 0.2) is 0 Å². The van der Waals surface area contributed by atoms with Crippen molar-refractivity contribution in [2.24, 2.45) is 0 Å². The molecule has 0 saturated carbocycles. The van der Waals surface area contributed by atoms with Crippen LogP contribution in [0, 0.1) is 0 Å². The van der Waals surface area contributed by atoms with Crippen LogP contribution >= 0.6 is 11.7 Å². The van der Waals surface area contributed by atoms with Crippen molar-refractivity contribution in [2.45, 2.75) is 19.5 Å². The van der Waals surface area contributed by atoms with Crippen LogP contribution in [-0.4, -0.2) is 38.7 Å². The molecule has 2 heterocycles. The SMILES string of the molecule is CC1NCCN(Cc2cnsn2)C1=O. The van der Waals surface area contributed by atoms with Gasteiger partial charge in [0.25, 0.3) is 0 Å². The van der Waals surface area contributed by atoms with Gasteiger partial charge < -0.3 is 10.2 Å². The fourth-order valence-corrected chi connectivity index (χ4v) is 1.92. The van der Waals surface area contributed by atoms with E-state index < -0.39 is 0 Å². The average molecular weight is 212 g/mol. The number of carbonyl (C=O) groups excluding carboxylic acids is 1. The average Bonchev–Trinajstić information content (AvgIpc) is 2.66. The summed E-state index contributed by atoms with van der Waals surface area (Å²) in [5, 5.41) is 3.12. The standard InChI is InChI=1S/C8H12N4OS/c1-6-8(13)12(3-2-9-6)5-7-4-10-14-11-7/h4,6,9H,2-3,5H2,1H3. The lowest BCUT2D eigenvalue weighted by atomic mass is 10.2. The number of nitrogens with one attached hydrogen (secondary N) is 1. The monoisotopic (exact) mass is 212 g/mol. The van der Waals surface area contributed by atoms with E-state index in [-0.39, 0.29) is 11.9 Å². The summed E-state index contributed by atoms with van der Waals surface area (Å²) in [5.74, 6) is 0.143. The van der Waals surface area contributed by atoms with E-state index in [9.17, 15) is 4.79 Å². The predicted molar refractivity (Wildman–Crippen MR) is 52.8 cm³/mol. The van der Waals surface area contributed by atoms with Crippen molar-refractivity contribution in [2.75, 3.05) is 13.1 Å². The van der Waals surface area contributed by atoms with Crippen LogP contribution in [0.3, 0.4) is 0 Å². The van der Waals surface area contributed by atoms with Crippen molar-refractivity contribution in [3.8, 4) is 0 Å². The Bertz CT molecular complexity index is 313. The molecule has 2 rings (SSSR count). The smallest absolute Gasteiger partial charge is 0.239 e. The van der Waals surface area contributed by atoms with E-state index in [0.29, 0.717) is 6.54 Å². The maximum absolute atomic E-state index is 11.7. The Labute approximate surface area is 86.4 Å². The third-order valence-corrected chi connectivity index (χ3v) is 2.79. The second-order valence-electron chi connectivity index (χ2n) is 3.33. The van der Waals surface area contributed by atoms with Gasteiger partial charge in [-0.1, -0.05) is 0 Å². The number of rotatable bonds is 2. The normalized spacial score (nSPS) is 22.8. The number of carbonyl (C=O) groups is 1. The molecular formula is C8H12N4OS. The summed E-state index contributed by atoms with van der Waals surface area (Å²) < 4.78 is 7.99. The second-order valence-corrected chi connectivity index (χ2v) is 3.89. The number of nitrogens with zero attached hydrogens (tertiary/aromatic N) is 3. The Morgan fingerprint density at radius 3 is 3.36 bits per heavy atom. The van der Waals surface area contributed by atoms with Crippen molar-refractivity contribution < 1.29 is 4.79 Å². The second kappa shape index (κ2) is 4.02. The fraction of sp³-hybridized carbons (Fsp3) is 0.625. The van der Waals surface area contributed by atoms with Crippen molar-refractivity contribution in [3.05, 3.63) is 11.9 Å². The maximum Gasteiger partial charge on any atom is 0.239 e. The predicted octanol–water partition coefficient (Wildman–Crippen LogP) is -0.142. The molecule has 0 aliphatic carbocycles. The summed E-state index contributed by atoms with van der Waals surface area (Å²) >= 11 is 1.18. The van der Waals surface area contributed by atoms with E-state index in [1.165, 1.54) is 11.7 Å². The first-order valence-corrected chi connectivity index (χ1v) is 5.29. The van der Waals surface area contributed by atoms with Crippen LogP contribution in [0.1, 0.15) is 12.6 Å². The third-order valence-electron chi connectivity index (χ3n) is 2.27. The first kappa shape index (κ1) is 9.54. The summed E-state index contributed by atoms with van der Waals surface area (Å²) in [4.78, 5) is 13.5. The maximum atomic E-state index is 11.7. The lowest BCUT2D eigenvalue weighted by Gasteiger charge is -2.30. The molecule has 1 atom stereocenters. The number of aromatic nitrogens is 2. The molecular weight excluding hydrogens is 200 g/mol. The van der Waals surface area contributed by atoms with E-state index in [4.69, 9.17) is 0 Å². The zero-order valence-corrected chi connectivity index (χ0v) is 8.75. The molecule has 0 aromatic carbocycles. The molecule has 1 N–H and O–H groups in total. The van der Waals surface area contributed by atoms with Crippen molar-refractivity contribution in [3.63, 3.8) is 0 Å². The fourth-order valence-electron chi connectivity index (χ4n) is 1.49. The molecule has 14 heavy (non-hydrogen) atoms. The highest BCUT2D eigenvalue weighted by Crippen LogP contribution is 2.06. The van der Waals surface area contributed by atoms with Crippen LogP contribution in [0.2, 0.25) is 0 Å². The molecule has 76 valence electrons. The molecule has 1 amide bonds. The molecule has 1 aromatic rings. The summed E-state index contributed by atoms with van der Waals surface area (Å²) in [6.45, 7) is 4.07. The highest BCUT2D eigenvalue weighted by atomic mass is 32.1. The quantitative estimate of drug-likeness (QED) is 0.741. The van der Waals surface area contributed by atoms with Crippen LogP contribution < -0.4 is 5.32 Å². The summed E-state index contributed by atoms with van der Waals surface area (Å²) in [6.07, 6.45) is 1.71. The van der Waals surface area contributed by atoms with Gasteiger partial charge in [-0.25, -0.2) is 0 Å². The molecule has 1 saturated heterocycles. The Morgan fingerprint density at radius 1 is 1.79 bits per heavy atom. The number of piperazine rings is 1. The molecule has 0 spiro atoms. The first-order valence-electron chi connectivity index (χ1n) is 4.56. The lowest BCUT2D eigenvalue weighted by molar-refractivity contribution is -0.135. The van der Waals surface area contributed by atoms with Crippen LogP contribution in [0.25, 0.3) is 0 Å². The van der Waals surface area contributed by atoms with Gasteiger partial charge in [-0.3, -0.25) is 4.79 Å². The van der Waals surface area contributed by atoms with Crippen molar-refractivity contribution in [1.82, 2.24) is 19.0 Å². The Balaban J connectivity index is 2.00. The molecule has 5 nitrogen and oxygen atoms in total. The molecule has 1 aromatic heterocycles. The highest BCUT2D eigenvalue weighted by molar-refractivity contribution is 6.99. The highest BCUT2D eigenvalue weighted by Gasteiger charge is 2.24. The van der Waals surface area contributed by atoms with E-state index in [0.717, 1.165) is 18.8 Å². The lowest BCUT2D eigenvalue weighted by Crippen LogP contribution is -2.53. The van der Waals surface area contributed by atoms with Gasteiger partial charge in [0.2, 0.25) is 5.91 Å². The molecule has 1 aliphatic heterocycles. The van der Waals surface area contributed by atoms with Gasteiger partial charge in [0.05, 0.1) is 36.2 Å². The first-order chi connectivity index (χ1) is 6.77. The van der Waals surface area contributed by atoms with Crippen LogP contribution in [0.5, 0.6) is 0 Å². The zero-order valence-electron chi connectivity index (χ0n) is 7.93. The van der Waals surface area contributed by atoms with Crippen LogP contribution in [0.15, 0.2) is 6.20 Å². The van der Waals surface area contributed by atoms with Gasteiger partial charge in [0.1, 0.15) is 0 Å². The molecule has 1 aliphatic rings. The molecule has 1 unspecified atom stereocenters. The molecule has 6 heteroatoms. The van der Waals surface area contributed by atoms with Gasteiger partial charge in [0, 0.05) is 13.1 Å². The minimum atomic E-state index is -0.0738. The van der Waals surface area contributed by atoms with E-state index in [1.807, 2.05) is 11.8 Å². The van der Waals surface area contributed by atoms with Gasteiger partial charge in [-0.2, -0.15) is 8.75 Å². The van der Waals surface area contributed by atoms with E-state index in [2.05, 4.69) is 14.1 Å². The number of hydrogen-bond donors (Lipinski definition) is 1. The molecule has 0 bridgehead atoms. The Morgan fingerprint density at radius 2 is 2.64 bits per heavy atom. The minimum absolute atomic E-state index is 0.0738. The largest absolute Gasteiger partial charge is 0.334 e. The van der Waals surface area contributed by atoms with Crippen molar-refractivity contribution >= 4 is 17.6 Å². The van der Waals surface area contributed by atoms with Crippen molar-refractivity contribution in [1.29, 1.82) is 0 Å². The zero-order chi connectivity index (χ0) is 9.97. The minimum Gasteiger partial charge on any atom is -0.334 e. The summed E-state index contributed by atoms with van der Waals surface area (Å²) in [5.41, 5.74) is 0.873. The van der Waals surface area contributed by atoms with E-state index >= 15 is 0 Å². The van der Waals surface area contributed by atoms with Gasteiger partial charge in [-0.15, -0.1) is 0 Å². The number of amides is 1. The summed E-state index contributed by atoms with van der Waals surface area (Å²) in [7, 11) is 0. The topological polar surface area (TPSA) is 58.1 Å².